The molecule has 0 saturated carbocycles. The molecule has 0 atom stereocenters. The Morgan fingerprint density at radius 1 is 1.33 bits per heavy atom. The lowest BCUT2D eigenvalue weighted by atomic mass is 10.1. The molecule has 6 nitrogen and oxygen atoms in total. The molecule has 2 heterocycles. The van der Waals surface area contributed by atoms with Gasteiger partial charge in [0.15, 0.2) is 0 Å². The summed E-state index contributed by atoms with van der Waals surface area (Å²) in [7, 11) is 0. The number of non-ortho nitro benzene ring substituents is 1. The fraction of sp³-hybridized carbons (Fsp3) is 0. The highest BCUT2D eigenvalue weighted by Gasteiger charge is 2.17. The number of nitrogens with two attached hydrogens (primary N) is 1. The average Bonchev–Trinajstić information content (AvgIpc) is 2.66. The molecule has 7 heteroatoms. The maximum atomic E-state index is 11.0. The Kier molecular flexibility index (Phi) is 2.14. The van der Waals surface area contributed by atoms with E-state index in [1.54, 1.807) is 18.3 Å². The van der Waals surface area contributed by atoms with Crippen LogP contribution in [0.25, 0.3) is 21.8 Å². The molecule has 0 aliphatic rings. The van der Waals surface area contributed by atoms with Crippen LogP contribution in [-0.4, -0.2) is 14.9 Å². The minimum Gasteiger partial charge on any atom is -0.384 e. The molecule has 3 rings (SSSR count). The fourth-order valence-corrected chi connectivity index (χ4v) is 2.22. The van der Waals surface area contributed by atoms with Gasteiger partial charge < -0.3 is 10.7 Å². The number of rotatable bonds is 1. The van der Waals surface area contributed by atoms with E-state index in [9.17, 15) is 10.1 Å². The molecule has 0 radical (unpaired) electrons. The van der Waals surface area contributed by atoms with Crippen LogP contribution in [0.3, 0.4) is 0 Å². The van der Waals surface area contributed by atoms with Gasteiger partial charge >= 0.3 is 0 Å². The first-order valence-corrected chi connectivity index (χ1v) is 5.45. The molecule has 1 aromatic carbocycles. The highest BCUT2D eigenvalue weighted by Crippen LogP contribution is 2.34. The number of nitrogens with zero attached hydrogens (tertiary/aromatic N) is 2. The third-order valence-corrected chi connectivity index (χ3v) is 2.97. The number of aromatic amines is 1. The molecular weight excluding hydrogens is 256 g/mol. The van der Waals surface area contributed by atoms with E-state index in [0.717, 1.165) is 5.39 Å². The predicted octanol–water partition coefficient (Wildman–Crippen LogP) is 2.86. The van der Waals surface area contributed by atoms with Crippen molar-refractivity contribution in [1.82, 2.24) is 9.97 Å². The van der Waals surface area contributed by atoms with Crippen LogP contribution < -0.4 is 5.73 Å². The van der Waals surface area contributed by atoms with Crippen LogP contribution in [0.5, 0.6) is 0 Å². The smallest absolute Gasteiger partial charge is 0.294 e. The highest BCUT2D eigenvalue weighted by molar-refractivity contribution is 6.32. The van der Waals surface area contributed by atoms with Crippen LogP contribution >= 0.6 is 11.6 Å². The summed E-state index contributed by atoms with van der Waals surface area (Å²) >= 11 is 5.90. The van der Waals surface area contributed by atoms with Gasteiger partial charge in [0.25, 0.3) is 5.69 Å². The highest BCUT2D eigenvalue weighted by atomic mass is 35.5. The number of hydrogen-bond donors (Lipinski definition) is 2. The van der Waals surface area contributed by atoms with Crippen molar-refractivity contribution < 1.29 is 4.92 Å². The minimum atomic E-state index is -0.472. The van der Waals surface area contributed by atoms with Crippen LogP contribution in [0.2, 0.25) is 5.02 Å². The molecule has 0 aliphatic heterocycles. The van der Waals surface area contributed by atoms with Gasteiger partial charge in [-0.25, -0.2) is 4.98 Å². The largest absolute Gasteiger partial charge is 0.384 e. The van der Waals surface area contributed by atoms with Crippen LogP contribution in [0.4, 0.5) is 11.5 Å². The van der Waals surface area contributed by atoms with E-state index in [-0.39, 0.29) is 5.69 Å². The number of H-pyrrole nitrogens is 1. The van der Waals surface area contributed by atoms with E-state index in [1.807, 2.05) is 0 Å². The average molecular weight is 263 g/mol. The lowest BCUT2D eigenvalue weighted by Crippen LogP contribution is -1.89. The Bertz CT molecular complexity index is 796. The van der Waals surface area contributed by atoms with Gasteiger partial charge in [-0.05, 0) is 12.1 Å². The molecule has 0 spiro atoms. The number of benzene rings is 1. The van der Waals surface area contributed by atoms with Gasteiger partial charge in [0.05, 0.1) is 16.6 Å². The van der Waals surface area contributed by atoms with E-state index in [2.05, 4.69) is 9.97 Å². The molecule has 0 fully saturated rings. The summed E-state index contributed by atoms with van der Waals surface area (Å²) in [6.07, 6.45) is 1.54. The third-order valence-electron chi connectivity index (χ3n) is 2.75. The van der Waals surface area contributed by atoms with Crippen LogP contribution in [0.15, 0.2) is 24.4 Å². The zero-order valence-electron chi connectivity index (χ0n) is 8.98. The molecule has 0 aliphatic carbocycles. The predicted molar refractivity (Wildman–Crippen MR) is 69.7 cm³/mol. The van der Waals surface area contributed by atoms with Crippen molar-refractivity contribution in [3.8, 4) is 0 Å². The summed E-state index contributed by atoms with van der Waals surface area (Å²) in [5.74, 6) is 0.353. The standard InChI is InChI=1S/C11H7ClN4O2/c12-5-1-7-6-3-10(13)14-4-8(6)15-11(7)9(2-5)16(17)18/h1-4,15H,(H2,13,14). The fourth-order valence-electron chi connectivity index (χ4n) is 2.01. The summed E-state index contributed by atoms with van der Waals surface area (Å²) < 4.78 is 0. The molecule has 0 saturated heterocycles. The molecule has 0 amide bonds. The van der Waals surface area contributed by atoms with Gasteiger partial charge in [-0.2, -0.15) is 0 Å². The van der Waals surface area contributed by atoms with E-state index in [4.69, 9.17) is 17.3 Å². The van der Waals surface area contributed by atoms with E-state index in [1.165, 1.54) is 6.07 Å². The maximum Gasteiger partial charge on any atom is 0.294 e. The number of nitro benzene ring substituents is 1. The number of nitrogen functional groups attached to an aromatic ring is 1. The first-order chi connectivity index (χ1) is 8.56. The quantitative estimate of drug-likeness (QED) is 0.520. The summed E-state index contributed by atoms with van der Waals surface area (Å²) in [6.45, 7) is 0. The van der Waals surface area contributed by atoms with Crippen molar-refractivity contribution in [1.29, 1.82) is 0 Å². The number of hydrogen-bond acceptors (Lipinski definition) is 4. The molecule has 90 valence electrons. The van der Waals surface area contributed by atoms with Crippen molar-refractivity contribution in [3.05, 3.63) is 39.5 Å². The first kappa shape index (κ1) is 10.8. The number of nitro groups is 1. The molecule has 3 aromatic rings. The van der Waals surface area contributed by atoms with Gasteiger partial charge in [-0.3, -0.25) is 10.1 Å². The Hall–Kier alpha value is -2.34. The van der Waals surface area contributed by atoms with E-state index in [0.29, 0.717) is 27.3 Å². The zero-order valence-corrected chi connectivity index (χ0v) is 9.73. The Labute approximate surface area is 106 Å². The second-order valence-electron chi connectivity index (χ2n) is 3.88. The van der Waals surface area contributed by atoms with Gasteiger partial charge in [0, 0.05) is 21.9 Å². The van der Waals surface area contributed by atoms with Gasteiger partial charge in [0.1, 0.15) is 11.3 Å². The van der Waals surface area contributed by atoms with Gasteiger partial charge in [-0.15, -0.1) is 0 Å². The number of halogens is 1. The summed E-state index contributed by atoms with van der Waals surface area (Å²) in [6, 6.07) is 4.65. The van der Waals surface area contributed by atoms with Crippen molar-refractivity contribution in [2.75, 3.05) is 5.73 Å². The molecular formula is C11H7ClN4O2. The number of fused-ring (bicyclic) bond motifs is 3. The molecule has 18 heavy (non-hydrogen) atoms. The van der Waals surface area contributed by atoms with Crippen molar-refractivity contribution in [2.45, 2.75) is 0 Å². The summed E-state index contributed by atoms with van der Waals surface area (Å²) in [5, 5.41) is 12.7. The van der Waals surface area contributed by atoms with Gasteiger partial charge in [0.2, 0.25) is 0 Å². The SMILES string of the molecule is Nc1cc2c(cn1)[nH]c1c([N+](=O)[O-])cc(Cl)cc12. The number of aromatic nitrogens is 2. The molecule has 0 bridgehead atoms. The van der Waals surface area contributed by atoms with Crippen molar-refractivity contribution >= 4 is 44.9 Å². The summed E-state index contributed by atoms with van der Waals surface area (Å²) in [4.78, 5) is 17.4. The first-order valence-electron chi connectivity index (χ1n) is 5.07. The lowest BCUT2D eigenvalue weighted by Gasteiger charge is -1.96. The van der Waals surface area contributed by atoms with Crippen LogP contribution in [0, 0.1) is 10.1 Å². The van der Waals surface area contributed by atoms with Gasteiger partial charge in [-0.1, -0.05) is 11.6 Å². The zero-order chi connectivity index (χ0) is 12.9. The van der Waals surface area contributed by atoms with E-state index >= 15 is 0 Å². The second-order valence-corrected chi connectivity index (χ2v) is 4.32. The maximum absolute atomic E-state index is 11.0. The van der Waals surface area contributed by atoms with E-state index < -0.39 is 4.92 Å². The second kappa shape index (κ2) is 3.58. The monoisotopic (exact) mass is 262 g/mol. The Balaban J connectivity index is 2.54. The Morgan fingerprint density at radius 2 is 2.11 bits per heavy atom. The Morgan fingerprint density at radius 3 is 2.83 bits per heavy atom. The van der Waals surface area contributed by atoms with Crippen molar-refractivity contribution in [3.63, 3.8) is 0 Å². The van der Waals surface area contributed by atoms with Crippen LogP contribution in [0.1, 0.15) is 0 Å². The number of nitrogens with one attached hydrogen (secondary N) is 1. The van der Waals surface area contributed by atoms with Crippen LogP contribution in [-0.2, 0) is 0 Å². The summed E-state index contributed by atoms with van der Waals surface area (Å²) in [5.41, 5.74) is 6.66. The topological polar surface area (TPSA) is 97.8 Å². The normalized spacial score (nSPS) is 11.2. The molecule has 3 N–H and O–H groups in total. The number of anilines is 1. The number of pyridine rings is 1. The molecule has 0 unspecified atom stereocenters. The molecule has 2 aromatic heterocycles. The van der Waals surface area contributed by atoms with Crippen molar-refractivity contribution in [2.24, 2.45) is 0 Å². The minimum absolute atomic E-state index is 0.0627. The third kappa shape index (κ3) is 1.46. The lowest BCUT2D eigenvalue weighted by molar-refractivity contribution is -0.383.